The highest BCUT2D eigenvalue weighted by atomic mass is 19.4. The van der Waals surface area contributed by atoms with Gasteiger partial charge in [-0.3, -0.25) is 14.8 Å². The number of methoxy groups -OCH3 is 1. The van der Waals surface area contributed by atoms with Crippen LogP contribution >= 0.6 is 0 Å². The van der Waals surface area contributed by atoms with Crippen molar-refractivity contribution < 1.29 is 78.4 Å². The van der Waals surface area contributed by atoms with E-state index in [2.05, 4.69) is 33.0 Å². The molecule has 272 valence electrons. The third-order valence-corrected chi connectivity index (χ3v) is 7.13. The molecule has 11 nitrogen and oxygen atoms in total. The number of halogens is 9. The zero-order chi connectivity index (χ0) is 36.9. The molecule has 0 amide bonds. The van der Waals surface area contributed by atoms with Crippen LogP contribution in [0.1, 0.15) is 29.9 Å². The summed E-state index contributed by atoms with van der Waals surface area (Å²) in [5, 5.41) is 21.4. The van der Waals surface area contributed by atoms with Gasteiger partial charge < -0.3 is 24.5 Å². The summed E-state index contributed by atoms with van der Waals surface area (Å²) in [4.78, 5) is 36.1. The lowest BCUT2D eigenvalue weighted by Gasteiger charge is -2.42. The van der Waals surface area contributed by atoms with Gasteiger partial charge in [0, 0.05) is 45.1 Å². The molecule has 2 saturated heterocycles. The van der Waals surface area contributed by atoms with Gasteiger partial charge >= 0.3 is 36.4 Å². The van der Waals surface area contributed by atoms with E-state index in [-0.39, 0.29) is 0 Å². The summed E-state index contributed by atoms with van der Waals surface area (Å²) in [6.45, 7) is 9.37. The average molecular weight is 712 g/mol. The van der Waals surface area contributed by atoms with E-state index in [9.17, 15) is 39.5 Å². The number of piperidine rings is 1. The van der Waals surface area contributed by atoms with Gasteiger partial charge in [0.05, 0.1) is 13.2 Å². The fraction of sp³-hybridized carbons (Fsp3) is 0.571. The molecule has 2 aliphatic heterocycles. The summed E-state index contributed by atoms with van der Waals surface area (Å²) in [6.07, 6.45) is -8.93. The van der Waals surface area contributed by atoms with E-state index in [1.807, 2.05) is 32.5 Å². The number of likely N-dealkylation sites (tertiary alicyclic amines) is 2. The van der Waals surface area contributed by atoms with Gasteiger partial charge in [0.1, 0.15) is 11.5 Å². The Hall–Kier alpha value is -3.91. The predicted octanol–water partition coefficient (Wildman–Crippen LogP) is 5.24. The first kappa shape index (κ1) is 42.1. The maximum Gasteiger partial charge on any atom is 0.490 e. The summed E-state index contributed by atoms with van der Waals surface area (Å²) >= 11 is 0. The van der Waals surface area contributed by atoms with Gasteiger partial charge in [0.15, 0.2) is 0 Å². The lowest BCUT2D eigenvalue weighted by molar-refractivity contribution is -0.193. The summed E-state index contributed by atoms with van der Waals surface area (Å²) in [5.74, 6) is -5.57. The number of rotatable bonds is 6. The summed E-state index contributed by atoms with van der Waals surface area (Å²) in [7, 11) is 1.84. The Kier molecular flexibility index (Phi) is 15.8. The van der Waals surface area contributed by atoms with E-state index < -0.39 is 36.4 Å². The van der Waals surface area contributed by atoms with Gasteiger partial charge in [0.25, 0.3) is 0 Å². The molecule has 0 aromatic carbocycles. The molecule has 1 spiro atoms. The lowest BCUT2D eigenvalue weighted by atomic mass is 9.71. The van der Waals surface area contributed by atoms with Gasteiger partial charge in [0.2, 0.25) is 0 Å². The molecule has 0 aliphatic carbocycles. The van der Waals surface area contributed by atoms with Gasteiger partial charge in [-0.15, -0.1) is 0 Å². The number of ether oxygens (including phenoxy) is 1. The van der Waals surface area contributed by atoms with E-state index in [1.165, 1.54) is 24.9 Å². The average Bonchev–Trinajstić information content (AvgIpc) is 3.52. The number of aryl methyl sites for hydroxylation is 1. The first-order valence-corrected chi connectivity index (χ1v) is 13.8. The molecule has 2 fully saturated rings. The largest absolute Gasteiger partial charge is 0.490 e. The van der Waals surface area contributed by atoms with Crippen molar-refractivity contribution in [1.82, 2.24) is 14.8 Å². The molecule has 2 aromatic heterocycles. The van der Waals surface area contributed by atoms with Crippen molar-refractivity contribution >= 4 is 17.9 Å². The van der Waals surface area contributed by atoms with Crippen molar-refractivity contribution in [3.63, 3.8) is 0 Å². The standard InChI is InChI=1S/C22H31N3O2.3C2HF3O2/c1-18-5-6-21(27-18)15-24-10-7-22(8-11-24)17-25(14-20(22)16-26-2)13-19-4-3-9-23-12-19;3*3-2(4,5)1(6)7/h3-6,9,12,20H,7-8,10-11,13-17H2,1-2H3;3*(H,6,7). The van der Waals surface area contributed by atoms with E-state index in [0.717, 1.165) is 50.9 Å². The Morgan fingerprint density at radius 3 is 1.75 bits per heavy atom. The molecule has 1 unspecified atom stereocenters. The number of alkyl halides is 9. The van der Waals surface area contributed by atoms with Gasteiger partial charge in [-0.2, -0.15) is 39.5 Å². The third-order valence-electron chi connectivity index (χ3n) is 7.13. The van der Waals surface area contributed by atoms with Crippen LogP contribution in [0.3, 0.4) is 0 Å². The summed E-state index contributed by atoms with van der Waals surface area (Å²) in [6, 6.07) is 8.38. The quantitative estimate of drug-likeness (QED) is 0.337. The second kappa shape index (κ2) is 18.0. The van der Waals surface area contributed by atoms with Crippen LogP contribution in [-0.2, 0) is 32.2 Å². The molecule has 2 aromatic rings. The van der Waals surface area contributed by atoms with E-state index in [4.69, 9.17) is 38.9 Å². The molecule has 4 heterocycles. The number of carboxylic acid groups (broad SMARTS) is 3. The van der Waals surface area contributed by atoms with E-state index in [0.29, 0.717) is 11.3 Å². The number of hydrogen-bond acceptors (Lipinski definition) is 8. The molecular formula is C28H34F9N3O8. The minimum atomic E-state index is -5.08. The molecule has 0 saturated carbocycles. The van der Waals surface area contributed by atoms with Crippen LogP contribution in [0.5, 0.6) is 0 Å². The fourth-order valence-corrected chi connectivity index (χ4v) is 4.96. The SMILES string of the molecule is COCC1CN(Cc2cccnc2)CC12CCN(Cc1ccc(C)o1)CC2.O=C(O)C(F)(F)F.O=C(O)C(F)(F)F.O=C(O)C(F)(F)F. The Balaban J connectivity index is 0.000000448. The van der Waals surface area contributed by atoms with Crippen LogP contribution in [-0.4, -0.2) is 106 Å². The van der Waals surface area contributed by atoms with Gasteiger partial charge in [-0.05, 0) is 62.0 Å². The third kappa shape index (κ3) is 14.9. The number of furan rings is 1. The monoisotopic (exact) mass is 711 g/mol. The lowest BCUT2D eigenvalue weighted by Crippen LogP contribution is -2.44. The summed E-state index contributed by atoms with van der Waals surface area (Å²) in [5.41, 5.74) is 1.68. The number of pyridine rings is 1. The number of aliphatic carboxylic acids is 3. The van der Waals surface area contributed by atoms with Crippen LogP contribution in [0.2, 0.25) is 0 Å². The molecule has 0 bridgehead atoms. The van der Waals surface area contributed by atoms with Crippen molar-refractivity contribution in [3.05, 3.63) is 53.7 Å². The molecule has 20 heteroatoms. The maximum atomic E-state index is 10.6. The first-order chi connectivity index (χ1) is 22.0. The number of nitrogens with zero attached hydrogens (tertiary/aromatic N) is 3. The predicted molar refractivity (Wildman–Crippen MR) is 146 cm³/mol. The molecule has 48 heavy (non-hydrogen) atoms. The Morgan fingerprint density at radius 1 is 0.875 bits per heavy atom. The number of carbonyl (C=O) groups is 3. The van der Waals surface area contributed by atoms with E-state index in [1.54, 1.807) is 0 Å². The minimum absolute atomic E-state index is 0.383. The van der Waals surface area contributed by atoms with Crippen molar-refractivity contribution in [2.45, 2.75) is 51.4 Å². The topological polar surface area (TPSA) is 154 Å². The molecule has 3 N–H and O–H groups in total. The highest BCUT2D eigenvalue weighted by Gasteiger charge is 2.47. The van der Waals surface area contributed by atoms with Crippen LogP contribution < -0.4 is 0 Å². The first-order valence-electron chi connectivity index (χ1n) is 13.8. The second-order valence-electron chi connectivity index (χ2n) is 10.7. The normalized spacial score (nSPS) is 18.0. The molecule has 4 rings (SSSR count). The highest BCUT2D eigenvalue weighted by molar-refractivity contribution is 5.73. The number of carboxylic acids is 3. The number of hydrogen-bond donors (Lipinski definition) is 3. The highest BCUT2D eigenvalue weighted by Crippen LogP contribution is 2.45. The Bertz CT molecular complexity index is 1240. The smallest absolute Gasteiger partial charge is 0.475 e. The van der Waals surface area contributed by atoms with Crippen molar-refractivity contribution in [2.75, 3.05) is 39.9 Å². The Labute approximate surface area is 267 Å². The zero-order valence-electron chi connectivity index (χ0n) is 25.5. The summed E-state index contributed by atoms with van der Waals surface area (Å²) < 4.78 is 107. The van der Waals surface area contributed by atoms with Crippen molar-refractivity contribution in [2.24, 2.45) is 11.3 Å². The van der Waals surface area contributed by atoms with Crippen LogP contribution in [0.15, 0.2) is 41.1 Å². The second-order valence-corrected chi connectivity index (χ2v) is 10.7. The van der Waals surface area contributed by atoms with Crippen LogP contribution in [0.25, 0.3) is 0 Å². The number of aromatic nitrogens is 1. The maximum absolute atomic E-state index is 10.6. The van der Waals surface area contributed by atoms with Gasteiger partial charge in [-0.1, -0.05) is 6.07 Å². The molecule has 1 atom stereocenters. The molecular weight excluding hydrogens is 677 g/mol. The van der Waals surface area contributed by atoms with E-state index >= 15 is 0 Å². The van der Waals surface area contributed by atoms with Gasteiger partial charge in [-0.25, -0.2) is 14.4 Å². The minimum Gasteiger partial charge on any atom is -0.475 e. The molecule has 0 radical (unpaired) electrons. The Morgan fingerprint density at radius 2 is 1.38 bits per heavy atom. The van der Waals surface area contributed by atoms with Crippen LogP contribution in [0, 0.1) is 18.3 Å². The van der Waals surface area contributed by atoms with Crippen molar-refractivity contribution in [3.8, 4) is 0 Å². The fourth-order valence-electron chi connectivity index (χ4n) is 4.96. The van der Waals surface area contributed by atoms with Crippen molar-refractivity contribution in [1.29, 1.82) is 0 Å². The molecule has 2 aliphatic rings. The van der Waals surface area contributed by atoms with Crippen LogP contribution in [0.4, 0.5) is 39.5 Å². The zero-order valence-corrected chi connectivity index (χ0v) is 25.5.